The van der Waals surface area contributed by atoms with E-state index in [4.69, 9.17) is 17.3 Å². The van der Waals surface area contributed by atoms with Crippen molar-refractivity contribution in [1.82, 2.24) is 4.98 Å². The smallest absolute Gasteiger partial charge is 0.151 e. The van der Waals surface area contributed by atoms with Gasteiger partial charge in [0.25, 0.3) is 0 Å². The Kier molecular flexibility index (Phi) is 3.93. The first-order chi connectivity index (χ1) is 9.05. The summed E-state index contributed by atoms with van der Waals surface area (Å²) in [4.78, 5) is 4.15. The van der Waals surface area contributed by atoms with Gasteiger partial charge in [0.1, 0.15) is 5.15 Å². The van der Waals surface area contributed by atoms with Crippen molar-refractivity contribution in [3.63, 3.8) is 0 Å². The number of benzene rings is 1. The Morgan fingerprint density at radius 2 is 1.95 bits per heavy atom. The second-order valence-electron chi connectivity index (χ2n) is 4.55. The highest BCUT2D eigenvalue weighted by Gasteiger charge is 2.26. The molecule has 0 amide bonds. The Hall–Kier alpha value is -1.78. The number of pyridine rings is 1. The Morgan fingerprint density at radius 3 is 2.58 bits per heavy atom. The van der Waals surface area contributed by atoms with E-state index in [1.54, 1.807) is 12.1 Å². The van der Waals surface area contributed by atoms with E-state index in [0.29, 0.717) is 16.7 Å². The summed E-state index contributed by atoms with van der Waals surface area (Å²) < 4.78 is 0. The lowest BCUT2D eigenvalue weighted by Crippen LogP contribution is -2.36. The molecule has 0 bridgehead atoms. The van der Waals surface area contributed by atoms with Crippen LogP contribution in [0, 0.1) is 0 Å². The number of hydrogen-bond donors (Lipinski definition) is 3. The topological polar surface area (TPSA) is 71.2 Å². The van der Waals surface area contributed by atoms with Crippen molar-refractivity contribution in [2.75, 3.05) is 17.7 Å². The standard InChI is InChI=1S/C14H16ClN3O/c1-14(9-19,10-5-3-2-4-6-10)18-13-11(16)7-8-12(15)17-13/h2-8,19H,9,16H2,1H3,(H,17,18). The SMILES string of the molecule is CC(CO)(Nc1nc(Cl)ccc1N)c1ccccc1. The molecule has 100 valence electrons. The first kappa shape index (κ1) is 13.6. The van der Waals surface area contributed by atoms with Gasteiger partial charge in [-0.25, -0.2) is 4.98 Å². The summed E-state index contributed by atoms with van der Waals surface area (Å²) in [5.74, 6) is 0.466. The molecule has 1 atom stereocenters. The van der Waals surface area contributed by atoms with Crippen LogP contribution in [0.1, 0.15) is 12.5 Å². The largest absolute Gasteiger partial charge is 0.396 e. The Morgan fingerprint density at radius 1 is 1.26 bits per heavy atom. The van der Waals surface area contributed by atoms with E-state index < -0.39 is 5.54 Å². The number of nitrogens with zero attached hydrogens (tertiary/aromatic N) is 1. The van der Waals surface area contributed by atoms with Gasteiger partial charge in [-0.15, -0.1) is 0 Å². The van der Waals surface area contributed by atoms with Crippen molar-refractivity contribution in [2.45, 2.75) is 12.5 Å². The van der Waals surface area contributed by atoms with E-state index >= 15 is 0 Å². The van der Waals surface area contributed by atoms with E-state index in [1.165, 1.54) is 0 Å². The van der Waals surface area contributed by atoms with Crippen LogP contribution in [0.4, 0.5) is 11.5 Å². The van der Waals surface area contributed by atoms with Crippen molar-refractivity contribution >= 4 is 23.1 Å². The van der Waals surface area contributed by atoms with Gasteiger partial charge in [-0.3, -0.25) is 0 Å². The van der Waals surface area contributed by atoms with Gasteiger partial charge in [0, 0.05) is 0 Å². The summed E-state index contributed by atoms with van der Waals surface area (Å²) in [6, 6.07) is 12.9. The third-order valence-electron chi connectivity index (χ3n) is 3.01. The fraction of sp³-hybridized carbons (Fsp3) is 0.214. The lowest BCUT2D eigenvalue weighted by atomic mass is 9.93. The molecule has 19 heavy (non-hydrogen) atoms. The molecule has 1 aromatic carbocycles. The fourth-order valence-corrected chi connectivity index (χ4v) is 1.96. The Bertz CT molecular complexity index is 562. The summed E-state index contributed by atoms with van der Waals surface area (Å²) in [7, 11) is 0. The molecule has 0 spiro atoms. The van der Waals surface area contributed by atoms with Crippen molar-refractivity contribution < 1.29 is 5.11 Å². The second-order valence-corrected chi connectivity index (χ2v) is 4.94. The monoisotopic (exact) mass is 277 g/mol. The van der Waals surface area contributed by atoms with Crippen molar-refractivity contribution in [2.24, 2.45) is 0 Å². The number of nitrogens with two attached hydrogens (primary N) is 1. The van der Waals surface area contributed by atoms with Gasteiger partial charge in [-0.2, -0.15) is 0 Å². The van der Waals surface area contributed by atoms with Gasteiger partial charge in [0.05, 0.1) is 17.8 Å². The Labute approximate surface area is 117 Å². The minimum atomic E-state index is -0.674. The maximum Gasteiger partial charge on any atom is 0.151 e. The van der Waals surface area contributed by atoms with Crippen LogP contribution in [-0.4, -0.2) is 16.7 Å². The van der Waals surface area contributed by atoms with E-state index in [0.717, 1.165) is 5.56 Å². The minimum absolute atomic E-state index is 0.0926. The minimum Gasteiger partial charge on any atom is -0.396 e. The molecule has 5 heteroatoms. The van der Waals surface area contributed by atoms with Crippen LogP contribution in [0.2, 0.25) is 5.15 Å². The molecule has 2 rings (SSSR count). The molecular formula is C14H16ClN3O. The molecule has 0 saturated carbocycles. The highest BCUT2D eigenvalue weighted by Crippen LogP contribution is 2.28. The summed E-state index contributed by atoms with van der Waals surface area (Å²) >= 11 is 5.87. The molecule has 4 nitrogen and oxygen atoms in total. The van der Waals surface area contributed by atoms with Gasteiger partial charge >= 0.3 is 0 Å². The van der Waals surface area contributed by atoms with Crippen LogP contribution in [0.3, 0.4) is 0 Å². The first-order valence-electron chi connectivity index (χ1n) is 5.92. The third-order valence-corrected chi connectivity index (χ3v) is 3.22. The molecule has 2 aromatic rings. The highest BCUT2D eigenvalue weighted by molar-refractivity contribution is 6.29. The molecule has 4 N–H and O–H groups in total. The zero-order valence-electron chi connectivity index (χ0n) is 10.6. The quantitative estimate of drug-likeness (QED) is 0.752. The lowest BCUT2D eigenvalue weighted by Gasteiger charge is -2.30. The molecule has 0 radical (unpaired) electrons. The number of anilines is 2. The molecular weight excluding hydrogens is 262 g/mol. The third kappa shape index (κ3) is 2.97. The number of rotatable bonds is 4. The number of aliphatic hydroxyl groups excluding tert-OH is 1. The predicted molar refractivity (Wildman–Crippen MR) is 78.2 cm³/mol. The molecule has 0 aliphatic carbocycles. The summed E-state index contributed by atoms with van der Waals surface area (Å²) in [6.07, 6.45) is 0. The number of nitrogen functional groups attached to an aromatic ring is 1. The molecule has 0 saturated heterocycles. The number of aliphatic hydroxyl groups is 1. The number of hydrogen-bond acceptors (Lipinski definition) is 4. The predicted octanol–water partition coefficient (Wildman–Crippen LogP) is 2.64. The van der Waals surface area contributed by atoms with Crippen LogP contribution in [-0.2, 0) is 5.54 Å². The number of aromatic nitrogens is 1. The van der Waals surface area contributed by atoms with Crippen LogP contribution in [0.15, 0.2) is 42.5 Å². The first-order valence-corrected chi connectivity index (χ1v) is 6.29. The van der Waals surface area contributed by atoms with E-state index in [9.17, 15) is 5.11 Å². The molecule has 0 fully saturated rings. The molecule has 0 aliphatic rings. The fourth-order valence-electron chi connectivity index (χ4n) is 1.82. The molecule has 1 aromatic heterocycles. The molecule has 0 aliphatic heterocycles. The zero-order valence-corrected chi connectivity index (χ0v) is 11.4. The van der Waals surface area contributed by atoms with Crippen LogP contribution in [0.5, 0.6) is 0 Å². The van der Waals surface area contributed by atoms with Crippen LogP contribution in [0.25, 0.3) is 0 Å². The van der Waals surface area contributed by atoms with E-state index in [1.807, 2.05) is 37.3 Å². The van der Waals surface area contributed by atoms with Crippen LogP contribution >= 0.6 is 11.6 Å². The normalized spacial score (nSPS) is 13.8. The van der Waals surface area contributed by atoms with Crippen molar-refractivity contribution in [3.05, 3.63) is 53.2 Å². The average Bonchev–Trinajstić information content (AvgIpc) is 2.44. The van der Waals surface area contributed by atoms with Gasteiger partial charge in [0.2, 0.25) is 0 Å². The lowest BCUT2D eigenvalue weighted by molar-refractivity contribution is 0.224. The second kappa shape index (κ2) is 5.47. The van der Waals surface area contributed by atoms with E-state index in [-0.39, 0.29) is 6.61 Å². The maximum atomic E-state index is 9.70. The number of nitrogens with one attached hydrogen (secondary N) is 1. The summed E-state index contributed by atoms with van der Waals surface area (Å²) in [5, 5.41) is 13.2. The van der Waals surface area contributed by atoms with Gasteiger partial charge < -0.3 is 16.2 Å². The molecule has 1 heterocycles. The molecule has 1 unspecified atom stereocenters. The highest BCUT2D eigenvalue weighted by atomic mass is 35.5. The van der Waals surface area contributed by atoms with Gasteiger partial charge in [-0.1, -0.05) is 41.9 Å². The Balaban J connectivity index is 2.36. The van der Waals surface area contributed by atoms with Gasteiger partial charge in [0.15, 0.2) is 5.82 Å². The van der Waals surface area contributed by atoms with E-state index in [2.05, 4.69) is 10.3 Å². The van der Waals surface area contributed by atoms with Crippen LogP contribution < -0.4 is 11.1 Å². The zero-order chi connectivity index (χ0) is 13.9. The van der Waals surface area contributed by atoms with Crippen molar-refractivity contribution in [1.29, 1.82) is 0 Å². The number of halogens is 1. The van der Waals surface area contributed by atoms with Gasteiger partial charge in [-0.05, 0) is 24.6 Å². The summed E-state index contributed by atoms with van der Waals surface area (Å²) in [5.41, 5.74) is 6.62. The average molecular weight is 278 g/mol. The summed E-state index contributed by atoms with van der Waals surface area (Å²) in [6.45, 7) is 1.79. The van der Waals surface area contributed by atoms with Crippen molar-refractivity contribution in [3.8, 4) is 0 Å². The maximum absolute atomic E-state index is 9.70.